The maximum atomic E-state index is 11.6. The van der Waals surface area contributed by atoms with Crippen molar-refractivity contribution in [1.82, 2.24) is 19.4 Å². The molecule has 0 bridgehead atoms. The number of hydrogen-bond acceptors (Lipinski definition) is 6. The Hall–Kier alpha value is -2.27. The third-order valence-electron chi connectivity index (χ3n) is 1.77. The zero-order valence-corrected chi connectivity index (χ0v) is 9.02. The van der Waals surface area contributed by atoms with E-state index < -0.39 is 0 Å². The molecule has 2 heterocycles. The van der Waals surface area contributed by atoms with Crippen molar-refractivity contribution in [2.24, 2.45) is 7.05 Å². The third-order valence-corrected chi connectivity index (χ3v) is 2.43. The Labute approximate surface area is 94.5 Å². The molecule has 2 aromatic rings. The molecule has 80 valence electrons. The molecule has 0 spiro atoms. The van der Waals surface area contributed by atoms with E-state index in [1.165, 1.54) is 17.1 Å². The SMILES string of the molecule is Cn1cc(C#N)c(NC(=O)c2cnns2)n1. The molecule has 0 aliphatic rings. The van der Waals surface area contributed by atoms with Gasteiger partial charge in [0.15, 0.2) is 5.82 Å². The van der Waals surface area contributed by atoms with Gasteiger partial charge in [0.25, 0.3) is 5.91 Å². The molecule has 0 aromatic carbocycles. The first-order chi connectivity index (χ1) is 7.70. The van der Waals surface area contributed by atoms with Crippen molar-refractivity contribution in [3.63, 3.8) is 0 Å². The van der Waals surface area contributed by atoms with Crippen LogP contribution in [0.5, 0.6) is 0 Å². The zero-order chi connectivity index (χ0) is 11.5. The number of anilines is 1. The van der Waals surface area contributed by atoms with Crippen LogP contribution in [0.4, 0.5) is 5.82 Å². The summed E-state index contributed by atoms with van der Waals surface area (Å²) in [6.07, 6.45) is 2.88. The largest absolute Gasteiger partial charge is 0.303 e. The standard InChI is InChI=1S/C8H6N6OS/c1-14-4-5(2-9)7(12-14)11-8(15)6-3-10-13-16-6/h3-4H,1H3,(H,11,12,15). The van der Waals surface area contributed by atoms with E-state index in [9.17, 15) is 4.79 Å². The lowest BCUT2D eigenvalue weighted by molar-refractivity contribution is 0.103. The van der Waals surface area contributed by atoms with Crippen LogP contribution < -0.4 is 5.32 Å². The molecule has 0 radical (unpaired) electrons. The van der Waals surface area contributed by atoms with Gasteiger partial charge in [-0.1, -0.05) is 4.49 Å². The number of aryl methyl sites for hydroxylation is 1. The Balaban J connectivity index is 2.22. The molecular formula is C8H6N6OS. The summed E-state index contributed by atoms with van der Waals surface area (Å²) in [6, 6.07) is 1.94. The predicted octanol–water partition coefficient (Wildman–Crippen LogP) is 0.396. The minimum Gasteiger partial charge on any atom is -0.303 e. The summed E-state index contributed by atoms with van der Waals surface area (Å²) in [5.74, 6) is -0.131. The average Bonchev–Trinajstić information content (AvgIpc) is 2.87. The Kier molecular flexibility index (Phi) is 2.61. The molecule has 0 saturated heterocycles. The van der Waals surface area contributed by atoms with Gasteiger partial charge in [0.2, 0.25) is 0 Å². The number of hydrogen-bond donors (Lipinski definition) is 1. The third kappa shape index (κ3) is 1.89. The second-order valence-corrected chi connectivity index (χ2v) is 3.70. The Morgan fingerprint density at radius 3 is 3.12 bits per heavy atom. The fraction of sp³-hybridized carbons (Fsp3) is 0.125. The van der Waals surface area contributed by atoms with Gasteiger partial charge in [-0.05, 0) is 11.5 Å². The lowest BCUT2D eigenvalue weighted by Crippen LogP contribution is -2.11. The number of amides is 1. The molecule has 16 heavy (non-hydrogen) atoms. The summed E-state index contributed by atoms with van der Waals surface area (Å²) in [5.41, 5.74) is 0.313. The van der Waals surface area contributed by atoms with E-state index in [-0.39, 0.29) is 11.7 Å². The average molecular weight is 234 g/mol. The molecule has 2 aromatic heterocycles. The van der Waals surface area contributed by atoms with E-state index in [4.69, 9.17) is 5.26 Å². The molecular weight excluding hydrogens is 228 g/mol. The van der Waals surface area contributed by atoms with Gasteiger partial charge >= 0.3 is 0 Å². The number of aromatic nitrogens is 4. The van der Waals surface area contributed by atoms with E-state index >= 15 is 0 Å². The maximum Gasteiger partial charge on any atom is 0.270 e. The van der Waals surface area contributed by atoms with Gasteiger partial charge in [0.05, 0.1) is 6.20 Å². The second kappa shape index (κ2) is 4.08. The van der Waals surface area contributed by atoms with Gasteiger partial charge < -0.3 is 5.32 Å². The topological polar surface area (TPSA) is 96.5 Å². The lowest BCUT2D eigenvalue weighted by Gasteiger charge is -1.97. The van der Waals surface area contributed by atoms with E-state index in [0.717, 1.165) is 11.5 Å². The summed E-state index contributed by atoms with van der Waals surface area (Å²) in [5, 5.41) is 18.8. The smallest absolute Gasteiger partial charge is 0.270 e. The first-order valence-electron chi connectivity index (χ1n) is 4.23. The number of carbonyl (C=O) groups is 1. The van der Waals surface area contributed by atoms with Crippen LogP contribution in [0, 0.1) is 11.3 Å². The lowest BCUT2D eigenvalue weighted by atomic mass is 10.3. The number of nitriles is 1. The molecule has 0 atom stereocenters. The minimum atomic E-state index is -0.370. The summed E-state index contributed by atoms with van der Waals surface area (Å²) in [4.78, 5) is 12.0. The van der Waals surface area contributed by atoms with Crippen molar-refractivity contribution in [2.45, 2.75) is 0 Å². The molecule has 8 heteroatoms. The van der Waals surface area contributed by atoms with Crippen LogP contribution in [-0.2, 0) is 7.05 Å². The van der Waals surface area contributed by atoms with Crippen LogP contribution in [0.2, 0.25) is 0 Å². The van der Waals surface area contributed by atoms with Crippen molar-refractivity contribution < 1.29 is 4.79 Å². The first-order valence-corrected chi connectivity index (χ1v) is 5.00. The molecule has 2 rings (SSSR count). The van der Waals surface area contributed by atoms with E-state index in [0.29, 0.717) is 10.4 Å². The monoisotopic (exact) mass is 234 g/mol. The van der Waals surface area contributed by atoms with Gasteiger partial charge in [-0.25, -0.2) is 0 Å². The van der Waals surface area contributed by atoms with Crippen molar-refractivity contribution >= 4 is 23.3 Å². The van der Waals surface area contributed by atoms with E-state index in [2.05, 4.69) is 20.0 Å². The van der Waals surface area contributed by atoms with Crippen molar-refractivity contribution in [3.8, 4) is 6.07 Å². The summed E-state index contributed by atoms with van der Waals surface area (Å²) < 4.78 is 5.03. The highest BCUT2D eigenvalue weighted by Gasteiger charge is 2.13. The Morgan fingerprint density at radius 1 is 1.69 bits per heavy atom. The number of carbonyl (C=O) groups excluding carboxylic acids is 1. The highest BCUT2D eigenvalue weighted by Crippen LogP contribution is 2.13. The summed E-state index contributed by atoms with van der Waals surface area (Å²) in [7, 11) is 1.67. The summed E-state index contributed by atoms with van der Waals surface area (Å²) >= 11 is 0.980. The van der Waals surface area contributed by atoms with Gasteiger partial charge in [-0.2, -0.15) is 10.4 Å². The zero-order valence-electron chi connectivity index (χ0n) is 8.21. The number of rotatable bonds is 2. The predicted molar refractivity (Wildman–Crippen MR) is 55.8 cm³/mol. The fourth-order valence-corrected chi connectivity index (χ4v) is 1.51. The van der Waals surface area contributed by atoms with Gasteiger partial charge in [-0.3, -0.25) is 9.48 Å². The van der Waals surface area contributed by atoms with Crippen LogP contribution in [0.25, 0.3) is 0 Å². The Bertz CT molecular complexity index is 552. The molecule has 0 fully saturated rings. The van der Waals surface area contributed by atoms with Crippen LogP contribution in [-0.4, -0.2) is 25.3 Å². The van der Waals surface area contributed by atoms with Gasteiger partial charge in [0.1, 0.15) is 16.5 Å². The van der Waals surface area contributed by atoms with Gasteiger partial charge in [-0.15, -0.1) is 5.10 Å². The minimum absolute atomic E-state index is 0.239. The highest BCUT2D eigenvalue weighted by molar-refractivity contribution is 7.07. The molecule has 0 unspecified atom stereocenters. The van der Waals surface area contributed by atoms with Crippen LogP contribution >= 0.6 is 11.5 Å². The molecule has 0 aliphatic carbocycles. The number of nitrogens with one attached hydrogen (secondary N) is 1. The van der Waals surface area contributed by atoms with Crippen LogP contribution in [0.1, 0.15) is 15.2 Å². The van der Waals surface area contributed by atoms with Crippen LogP contribution in [0.3, 0.4) is 0 Å². The molecule has 1 N–H and O–H groups in total. The van der Waals surface area contributed by atoms with E-state index in [1.807, 2.05) is 6.07 Å². The summed E-state index contributed by atoms with van der Waals surface area (Å²) in [6.45, 7) is 0. The first kappa shape index (κ1) is 10.3. The number of nitrogens with zero attached hydrogens (tertiary/aromatic N) is 5. The maximum absolute atomic E-state index is 11.6. The van der Waals surface area contributed by atoms with E-state index in [1.54, 1.807) is 7.05 Å². The quantitative estimate of drug-likeness (QED) is 0.811. The normalized spacial score (nSPS) is 9.75. The molecule has 7 nitrogen and oxygen atoms in total. The van der Waals surface area contributed by atoms with Gasteiger partial charge in [0, 0.05) is 13.2 Å². The fourth-order valence-electron chi connectivity index (χ4n) is 1.10. The molecule has 0 aliphatic heterocycles. The molecule has 0 saturated carbocycles. The Morgan fingerprint density at radius 2 is 2.50 bits per heavy atom. The highest BCUT2D eigenvalue weighted by atomic mass is 32.1. The van der Waals surface area contributed by atoms with Crippen LogP contribution in [0.15, 0.2) is 12.4 Å². The second-order valence-electron chi connectivity index (χ2n) is 2.91. The molecule has 1 amide bonds. The van der Waals surface area contributed by atoms with Crippen molar-refractivity contribution in [1.29, 1.82) is 5.26 Å². The van der Waals surface area contributed by atoms with Crippen molar-refractivity contribution in [3.05, 3.63) is 22.8 Å². The van der Waals surface area contributed by atoms with Crippen molar-refractivity contribution in [2.75, 3.05) is 5.32 Å².